The zero-order valence-electron chi connectivity index (χ0n) is 15.3. The fourth-order valence-electron chi connectivity index (χ4n) is 2.54. The Kier molecular flexibility index (Phi) is 12.7. The molecule has 1 aliphatic rings. The van der Waals surface area contributed by atoms with Gasteiger partial charge in [-0.05, 0) is 44.9 Å². The van der Waals surface area contributed by atoms with Crippen LogP contribution in [-0.2, 0) is 4.79 Å². The molecule has 0 unspecified atom stereocenters. The highest BCUT2D eigenvalue weighted by Gasteiger charge is 2.13. The van der Waals surface area contributed by atoms with Crippen molar-refractivity contribution in [1.29, 1.82) is 0 Å². The fraction of sp³-hybridized carbons (Fsp3) is 0.619. The number of nitrogens with zero attached hydrogens (tertiary/aromatic N) is 2. The van der Waals surface area contributed by atoms with E-state index in [0.29, 0.717) is 6.42 Å². The summed E-state index contributed by atoms with van der Waals surface area (Å²) < 4.78 is 0. The van der Waals surface area contributed by atoms with Crippen LogP contribution in [0.4, 0.5) is 0 Å². The van der Waals surface area contributed by atoms with E-state index in [1.54, 1.807) is 11.2 Å². The minimum atomic E-state index is 0.214. The topological polar surface area (TPSA) is 32.7 Å². The van der Waals surface area contributed by atoms with Crippen molar-refractivity contribution in [3.63, 3.8) is 0 Å². The first-order valence-corrected chi connectivity index (χ1v) is 9.59. The monoisotopic (exact) mass is 330 g/mol. The molecule has 0 bridgehead atoms. The van der Waals surface area contributed by atoms with Crippen LogP contribution in [-0.4, -0.2) is 30.2 Å². The van der Waals surface area contributed by atoms with Gasteiger partial charge in [-0.3, -0.25) is 9.79 Å². The maximum absolute atomic E-state index is 11.8. The molecular weight excluding hydrogens is 296 g/mol. The minimum Gasteiger partial charge on any atom is -0.301 e. The molecule has 24 heavy (non-hydrogen) atoms. The predicted octanol–water partition coefficient (Wildman–Crippen LogP) is 5.45. The van der Waals surface area contributed by atoms with E-state index in [9.17, 15) is 4.79 Å². The predicted molar refractivity (Wildman–Crippen MR) is 104 cm³/mol. The van der Waals surface area contributed by atoms with Crippen LogP contribution in [0.3, 0.4) is 0 Å². The van der Waals surface area contributed by atoms with E-state index in [4.69, 9.17) is 0 Å². The van der Waals surface area contributed by atoms with Gasteiger partial charge in [-0.1, -0.05) is 56.2 Å². The van der Waals surface area contributed by atoms with E-state index in [0.717, 1.165) is 45.2 Å². The summed E-state index contributed by atoms with van der Waals surface area (Å²) in [4.78, 5) is 17.6. The lowest BCUT2D eigenvalue weighted by Gasteiger charge is -2.10. The van der Waals surface area contributed by atoms with Gasteiger partial charge in [0.05, 0.1) is 12.9 Å². The Hall–Kier alpha value is -1.64. The summed E-state index contributed by atoms with van der Waals surface area (Å²) in [6.45, 7) is 3.76. The van der Waals surface area contributed by atoms with Crippen molar-refractivity contribution in [2.45, 2.75) is 71.1 Å². The van der Waals surface area contributed by atoms with Crippen molar-refractivity contribution >= 4 is 12.2 Å². The minimum absolute atomic E-state index is 0.214. The Morgan fingerprint density at radius 1 is 0.958 bits per heavy atom. The number of rotatable bonds is 13. The lowest BCUT2D eigenvalue weighted by molar-refractivity contribution is -0.126. The van der Waals surface area contributed by atoms with Crippen molar-refractivity contribution in [2.75, 3.05) is 13.1 Å². The third kappa shape index (κ3) is 11.0. The molecule has 3 nitrogen and oxygen atoms in total. The number of aliphatic imine (C=N–C) groups is 1. The van der Waals surface area contributed by atoms with Gasteiger partial charge in [0.2, 0.25) is 5.91 Å². The van der Waals surface area contributed by atoms with Crippen LogP contribution in [0, 0.1) is 0 Å². The average Bonchev–Trinajstić information content (AvgIpc) is 3.13. The second kappa shape index (κ2) is 14.9. The summed E-state index contributed by atoms with van der Waals surface area (Å²) in [5, 5.41) is 0. The lowest BCUT2D eigenvalue weighted by atomic mass is 10.1. The summed E-state index contributed by atoms with van der Waals surface area (Å²) in [6.07, 6.45) is 26.1. The first-order chi connectivity index (χ1) is 11.8. The molecule has 0 aliphatic carbocycles. The zero-order valence-corrected chi connectivity index (χ0v) is 15.3. The summed E-state index contributed by atoms with van der Waals surface area (Å²) >= 11 is 0. The van der Waals surface area contributed by atoms with E-state index in [1.807, 2.05) is 0 Å². The molecule has 0 radical (unpaired) electrons. The van der Waals surface area contributed by atoms with Crippen LogP contribution in [0.5, 0.6) is 0 Å². The number of allylic oxidation sites excluding steroid dienone is 6. The molecule has 1 rings (SSSR count). The Bertz CT molecular complexity index is 435. The van der Waals surface area contributed by atoms with Crippen molar-refractivity contribution in [2.24, 2.45) is 4.99 Å². The van der Waals surface area contributed by atoms with Crippen LogP contribution in [0.1, 0.15) is 71.1 Å². The summed E-state index contributed by atoms with van der Waals surface area (Å²) in [7, 11) is 0. The van der Waals surface area contributed by atoms with E-state index in [-0.39, 0.29) is 5.91 Å². The third-order valence-corrected chi connectivity index (χ3v) is 4.04. The molecule has 0 aromatic carbocycles. The number of carbonyl (C=O) groups is 1. The van der Waals surface area contributed by atoms with Gasteiger partial charge in [-0.15, -0.1) is 0 Å². The number of hydrogen-bond acceptors (Lipinski definition) is 2. The summed E-state index contributed by atoms with van der Waals surface area (Å²) in [5.74, 6) is 0.214. The van der Waals surface area contributed by atoms with Crippen LogP contribution >= 0.6 is 0 Å². The number of amides is 1. The third-order valence-electron chi connectivity index (χ3n) is 4.04. The van der Waals surface area contributed by atoms with Gasteiger partial charge < -0.3 is 4.90 Å². The largest absolute Gasteiger partial charge is 0.301 e. The molecule has 0 fully saturated rings. The Balaban J connectivity index is 1.89. The highest BCUT2D eigenvalue weighted by molar-refractivity contribution is 5.88. The highest BCUT2D eigenvalue weighted by Crippen LogP contribution is 2.06. The van der Waals surface area contributed by atoms with E-state index >= 15 is 0 Å². The Morgan fingerprint density at radius 3 is 2.17 bits per heavy atom. The summed E-state index contributed by atoms with van der Waals surface area (Å²) in [5.41, 5.74) is 0. The smallest absolute Gasteiger partial charge is 0.227 e. The summed E-state index contributed by atoms with van der Waals surface area (Å²) in [6, 6.07) is 0. The molecule has 0 saturated carbocycles. The maximum atomic E-state index is 11.8. The van der Waals surface area contributed by atoms with Crippen molar-refractivity contribution < 1.29 is 4.79 Å². The standard InChI is InChI=1S/C21H34N2O/c1-2-3-4-5-6-7-8-9-10-11-12-13-14-15-16-17-21(24)23-19-18-22-20-23/h6-7,9-10,12-13,20H,2-5,8,11,14-19H2,1H3/b7-6-,10-9-,13-12-. The van der Waals surface area contributed by atoms with Crippen molar-refractivity contribution in [3.8, 4) is 0 Å². The normalized spacial score (nSPS) is 14.8. The second-order valence-corrected chi connectivity index (χ2v) is 6.24. The van der Waals surface area contributed by atoms with Gasteiger partial charge >= 0.3 is 0 Å². The molecule has 0 aromatic heterocycles. The first-order valence-electron chi connectivity index (χ1n) is 9.59. The van der Waals surface area contributed by atoms with Crippen LogP contribution < -0.4 is 0 Å². The van der Waals surface area contributed by atoms with E-state index in [2.05, 4.69) is 48.4 Å². The van der Waals surface area contributed by atoms with Crippen LogP contribution in [0.2, 0.25) is 0 Å². The Labute approximate surface area is 148 Å². The molecule has 1 aliphatic heterocycles. The van der Waals surface area contributed by atoms with Crippen LogP contribution in [0.25, 0.3) is 0 Å². The average molecular weight is 331 g/mol. The maximum Gasteiger partial charge on any atom is 0.227 e. The number of hydrogen-bond donors (Lipinski definition) is 0. The molecule has 1 heterocycles. The van der Waals surface area contributed by atoms with Crippen LogP contribution in [0.15, 0.2) is 41.4 Å². The lowest BCUT2D eigenvalue weighted by Crippen LogP contribution is -2.27. The van der Waals surface area contributed by atoms with Gasteiger partial charge in [0.25, 0.3) is 0 Å². The number of unbranched alkanes of at least 4 members (excludes halogenated alkanes) is 5. The molecule has 0 atom stereocenters. The van der Waals surface area contributed by atoms with E-state index < -0.39 is 0 Å². The molecule has 3 heteroatoms. The van der Waals surface area contributed by atoms with Gasteiger partial charge in [0.1, 0.15) is 0 Å². The molecule has 0 N–H and O–H groups in total. The van der Waals surface area contributed by atoms with Gasteiger partial charge in [-0.25, -0.2) is 0 Å². The van der Waals surface area contributed by atoms with Gasteiger partial charge in [0.15, 0.2) is 0 Å². The Morgan fingerprint density at radius 2 is 1.58 bits per heavy atom. The molecule has 0 saturated heterocycles. The molecular formula is C21H34N2O. The first kappa shape index (κ1) is 20.4. The molecule has 0 spiro atoms. The SMILES string of the molecule is CCCCC/C=C\C/C=C\C/C=C\CCCCC(=O)N1C=NCC1. The zero-order chi connectivity index (χ0) is 17.3. The van der Waals surface area contributed by atoms with Gasteiger partial charge in [0, 0.05) is 13.0 Å². The van der Waals surface area contributed by atoms with Gasteiger partial charge in [-0.2, -0.15) is 0 Å². The molecule has 134 valence electrons. The van der Waals surface area contributed by atoms with E-state index in [1.165, 1.54) is 25.7 Å². The fourth-order valence-corrected chi connectivity index (χ4v) is 2.54. The molecule has 0 aromatic rings. The quantitative estimate of drug-likeness (QED) is 0.326. The molecule has 1 amide bonds. The number of carbonyl (C=O) groups excluding carboxylic acids is 1. The highest BCUT2D eigenvalue weighted by atomic mass is 16.2. The van der Waals surface area contributed by atoms with Crippen molar-refractivity contribution in [1.82, 2.24) is 4.90 Å². The second-order valence-electron chi connectivity index (χ2n) is 6.24. The van der Waals surface area contributed by atoms with Crippen molar-refractivity contribution in [3.05, 3.63) is 36.5 Å².